The van der Waals surface area contributed by atoms with Crippen LogP contribution in [-0.2, 0) is 4.79 Å². The molecule has 88 valence electrons. The fraction of sp³-hybridized carbons (Fsp3) is 0.417. The zero-order valence-corrected chi connectivity index (χ0v) is 9.53. The molecule has 1 unspecified atom stereocenters. The van der Waals surface area contributed by atoms with Crippen LogP contribution in [0.2, 0.25) is 0 Å². The zero-order chi connectivity index (χ0) is 12.1. The number of primary amides is 1. The second-order valence-corrected chi connectivity index (χ2v) is 3.99. The molecule has 3 nitrogen and oxygen atoms in total. The maximum absolute atomic E-state index is 13.0. The predicted octanol–water partition coefficient (Wildman–Crippen LogP) is 1.60. The molecule has 2 atom stereocenters. The van der Waals surface area contributed by atoms with Crippen LogP contribution in [-0.4, -0.2) is 12.5 Å². The minimum Gasteiger partial charge on any atom is -0.369 e. The molecule has 0 fully saturated rings. The second-order valence-electron chi connectivity index (χ2n) is 3.99. The van der Waals surface area contributed by atoms with E-state index in [1.165, 1.54) is 12.1 Å². The monoisotopic (exact) mass is 224 g/mol. The van der Waals surface area contributed by atoms with Gasteiger partial charge in [-0.1, -0.05) is 19.1 Å². The summed E-state index contributed by atoms with van der Waals surface area (Å²) in [4.78, 5) is 10.8. The van der Waals surface area contributed by atoms with Gasteiger partial charge in [0.25, 0.3) is 0 Å². The Kier molecular flexibility index (Phi) is 4.43. The lowest BCUT2D eigenvalue weighted by Crippen LogP contribution is -2.32. The Balaban J connectivity index is 2.52. The number of carbonyl (C=O) groups is 1. The van der Waals surface area contributed by atoms with Gasteiger partial charge in [-0.2, -0.15) is 0 Å². The third-order valence-corrected chi connectivity index (χ3v) is 2.56. The molecule has 0 aliphatic rings. The summed E-state index contributed by atoms with van der Waals surface area (Å²) in [7, 11) is 0. The van der Waals surface area contributed by atoms with Crippen molar-refractivity contribution in [3.05, 3.63) is 35.6 Å². The first-order valence-electron chi connectivity index (χ1n) is 5.29. The number of carbonyl (C=O) groups excluding carboxylic acids is 1. The lowest BCUT2D eigenvalue weighted by Gasteiger charge is -2.16. The molecule has 1 aromatic rings. The molecule has 3 N–H and O–H groups in total. The number of halogens is 1. The van der Waals surface area contributed by atoms with Gasteiger partial charge in [-0.25, -0.2) is 4.39 Å². The maximum atomic E-state index is 13.0. The predicted molar refractivity (Wildman–Crippen MR) is 61.2 cm³/mol. The molecular formula is C12H17FN2O. The average molecular weight is 224 g/mol. The third-order valence-electron chi connectivity index (χ3n) is 2.56. The van der Waals surface area contributed by atoms with E-state index in [0.29, 0.717) is 6.54 Å². The van der Waals surface area contributed by atoms with E-state index in [1.54, 1.807) is 13.0 Å². The van der Waals surface area contributed by atoms with Crippen LogP contribution in [0.5, 0.6) is 0 Å². The summed E-state index contributed by atoms with van der Waals surface area (Å²) < 4.78 is 13.0. The molecule has 0 radical (unpaired) electrons. The van der Waals surface area contributed by atoms with Crippen molar-refractivity contribution in [2.24, 2.45) is 11.7 Å². The van der Waals surface area contributed by atoms with Crippen LogP contribution in [0, 0.1) is 11.7 Å². The SMILES string of the molecule is CC(CN[C@H](C)c1cccc(F)c1)C(N)=O. The highest BCUT2D eigenvalue weighted by molar-refractivity contribution is 5.76. The molecule has 1 rings (SSSR count). The normalized spacial score (nSPS) is 14.4. The van der Waals surface area contributed by atoms with Gasteiger partial charge in [0.2, 0.25) is 5.91 Å². The van der Waals surface area contributed by atoms with E-state index in [-0.39, 0.29) is 23.7 Å². The maximum Gasteiger partial charge on any atom is 0.221 e. The highest BCUT2D eigenvalue weighted by Crippen LogP contribution is 2.13. The van der Waals surface area contributed by atoms with Crippen molar-refractivity contribution in [2.45, 2.75) is 19.9 Å². The quantitative estimate of drug-likeness (QED) is 0.798. The smallest absolute Gasteiger partial charge is 0.221 e. The Morgan fingerprint density at radius 2 is 2.19 bits per heavy atom. The molecule has 0 aromatic heterocycles. The number of hydrogen-bond acceptors (Lipinski definition) is 2. The zero-order valence-electron chi connectivity index (χ0n) is 9.53. The van der Waals surface area contributed by atoms with Crippen LogP contribution in [0.15, 0.2) is 24.3 Å². The molecule has 0 heterocycles. The summed E-state index contributed by atoms with van der Waals surface area (Å²) in [5.74, 6) is -0.816. The van der Waals surface area contributed by atoms with E-state index in [2.05, 4.69) is 5.32 Å². The van der Waals surface area contributed by atoms with Gasteiger partial charge < -0.3 is 11.1 Å². The number of nitrogens with one attached hydrogen (secondary N) is 1. The van der Waals surface area contributed by atoms with Crippen LogP contribution in [0.4, 0.5) is 4.39 Å². The molecule has 0 saturated carbocycles. The summed E-state index contributed by atoms with van der Waals surface area (Å²) in [6, 6.07) is 6.39. The van der Waals surface area contributed by atoms with Crippen molar-refractivity contribution in [3.8, 4) is 0 Å². The van der Waals surface area contributed by atoms with Gasteiger partial charge >= 0.3 is 0 Å². The molecule has 0 aliphatic heterocycles. The second kappa shape index (κ2) is 5.61. The number of amides is 1. The highest BCUT2D eigenvalue weighted by atomic mass is 19.1. The topological polar surface area (TPSA) is 55.1 Å². The van der Waals surface area contributed by atoms with Crippen LogP contribution in [0.25, 0.3) is 0 Å². The van der Waals surface area contributed by atoms with E-state index < -0.39 is 0 Å². The minimum absolute atomic E-state index is 0.00231. The highest BCUT2D eigenvalue weighted by Gasteiger charge is 2.11. The Morgan fingerprint density at radius 1 is 1.50 bits per heavy atom. The fourth-order valence-electron chi connectivity index (χ4n) is 1.35. The molecule has 0 spiro atoms. The van der Waals surface area contributed by atoms with Gasteiger partial charge in [-0.05, 0) is 24.6 Å². The van der Waals surface area contributed by atoms with Crippen molar-refractivity contribution in [1.82, 2.24) is 5.32 Å². The van der Waals surface area contributed by atoms with Crippen LogP contribution < -0.4 is 11.1 Å². The van der Waals surface area contributed by atoms with E-state index >= 15 is 0 Å². The van der Waals surface area contributed by atoms with E-state index in [0.717, 1.165) is 5.56 Å². The Labute approximate surface area is 94.8 Å². The van der Waals surface area contributed by atoms with Gasteiger partial charge in [0.1, 0.15) is 5.82 Å². The number of nitrogens with two attached hydrogens (primary N) is 1. The van der Waals surface area contributed by atoms with Crippen LogP contribution >= 0.6 is 0 Å². The van der Waals surface area contributed by atoms with Crippen molar-refractivity contribution in [3.63, 3.8) is 0 Å². The van der Waals surface area contributed by atoms with Gasteiger partial charge in [-0.15, -0.1) is 0 Å². The van der Waals surface area contributed by atoms with E-state index in [9.17, 15) is 9.18 Å². The van der Waals surface area contributed by atoms with E-state index in [1.807, 2.05) is 13.0 Å². The molecule has 1 aromatic carbocycles. The van der Waals surface area contributed by atoms with E-state index in [4.69, 9.17) is 5.73 Å². The lowest BCUT2D eigenvalue weighted by molar-refractivity contribution is -0.121. The minimum atomic E-state index is -0.334. The average Bonchev–Trinajstić information content (AvgIpc) is 2.25. The Morgan fingerprint density at radius 3 is 2.75 bits per heavy atom. The van der Waals surface area contributed by atoms with Crippen molar-refractivity contribution in [1.29, 1.82) is 0 Å². The summed E-state index contributed by atoms with van der Waals surface area (Å²) >= 11 is 0. The molecule has 0 saturated heterocycles. The van der Waals surface area contributed by atoms with Gasteiger partial charge in [0, 0.05) is 18.5 Å². The first-order chi connectivity index (χ1) is 7.50. The summed E-state index contributed by atoms with van der Waals surface area (Å²) in [6.45, 7) is 4.17. The Bertz CT molecular complexity index is 368. The summed E-state index contributed by atoms with van der Waals surface area (Å²) in [5.41, 5.74) is 6.00. The van der Waals surface area contributed by atoms with Crippen molar-refractivity contribution in [2.75, 3.05) is 6.54 Å². The Hall–Kier alpha value is -1.42. The number of rotatable bonds is 5. The van der Waals surface area contributed by atoms with Gasteiger partial charge in [0.15, 0.2) is 0 Å². The molecule has 0 aliphatic carbocycles. The molecule has 16 heavy (non-hydrogen) atoms. The third kappa shape index (κ3) is 3.62. The largest absolute Gasteiger partial charge is 0.369 e. The standard InChI is InChI=1S/C12H17FN2O/c1-8(12(14)16)7-15-9(2)10-4-3-5-11(13)6-10/h3-6,8-9,15H,7H2,1-2H3,(H2,14,16)/t8?,9-/m1/s1. The van der Waals surface area contributed by atoms with Crippen molar-refractivity contribution < 1.29 is 9.18 Å². The summed E-state index contributed by atoms with van der Waals surface area (Å²) in [5, 5.41) is 3.14. The fourth-order valence-corrected chi connectivity index (χ4v) is 1.35. The summed E-state index contributed by atoms with van der Waals surface area (Å²) in [6.07, 6.45) is 0. The number of hydrogen-bond donors (Lipinski definition) is 2. The molecule has 4 heteroatoms. The van der Waals surface area contributed by atoms with Crippen molar-refractivity contribution >= 4 is 5.91 Å². The number of benzene rings is 1. The molecule has 0 bridgehead atoms. The van der Waals surface area contributed by atoms with Crippen LogP contribution in [0.1, 0.15) is 25.5 Å². The van der Waals surface area contributed by atoms with Crippen LogP contribution in [0.3, 0.4) is 0 Å². The first-order valence-corrected chi connectivity index (χ1v) is 5.29. The first kappa shape index (κ1) is 12.6. The molecular weight excluding hydrogens is 207 g/mol. The lowest BCUT2D eigenvalue weighted by atomic mass is 10.1. The van der Waals surface area contributed by atoms with Gasteiger partial charge in [0.05, 0.1) is 0 Å². The molecule has 1 amide bonds. The van der Waals surface area contributed by atoms with Gasteiger partial charge in [-0.3, -0.25) is 4.79 Å².